The van der Waals surface area contributed by atoms with Gasteiger partial charge in [-0.25, -0.2) is 13.2 Å². The van der Waals surface area contributed by atoms with Crippen LogP contribution >= 0.6 is 0 Å². The lowest BCUT2D eigenvalue weighted by molar-refractivity contribution is -0.123. The number of hydrogen-bond donors (Lipinski definition) is 1. The van der Waals surface area contributed by atoms with Gasteiger partial charge in [-0.15, -0.1) is 0 Å². The summed E-state index contributed by atoms with van der Waals surface area (Å²) in [5.74, 6) is -1.30. The second kappa shape index (κ2) is 8.35. The molecule has 0 heterocycles. The van der Waals surface area contributed by atoms with Crippen molar-refractivity contribution >= 4 is 27.4 Å². The molecule has 1 atom stereocenters. The van der Waals surface area contributed by atoms with Crippen LogP contribution in [0.15, 0.2) is 42.5 Å². The summed E-state index contributed by atoms with van der Waals surface area (Å²) in [6, 6.07) is 11.9. The molecule has 0 aliphatic rings. The molecule has 7 heteroatoms. The van der Waals surface area contributed by atoms with Crippen LogP contribution in [0.4, 0.5) is 5.69 Å². The molecular formula is C20H23NO5S. The standard InChI is InChI=1S/C20H23NO5S/c1-13-8-9-14(2)18(10-13)21-19(22)15(3)26-20(23)17-7-5-6-16(11-17)12-27(4,24)25/h5-11,15H,12H2,1-4H3,(H,21,22)/t15-/m0/s1. The van der Waals surface area contributed by atoms with Crippen molar-refractivity contribution in [2.75, 3.05) is 11.6 Å². The third-order valence-corrected chi connectivity index (χ3v) is 4.75. The molecule has 144 valence electrons. The van der Waals surface area contributed by atoms with Crippen molar-refractivity contribution in [3.05, 3.63) is 64.7 Å². The molecule has 0 aliphatic carbocycles. The van der Waals surface area contributed by atoms with Crippen LogP contribution < -0.4 is 5.32 Å². The molecule has 2 aromatic carbocycles. The summed E-state index contributed by atoms with van der Waals surface area (Å²) in [6.45, 7) is 5.28. The van der Waals surface area contributed by atoms with E-state index < -0.39 is 27.8 Å². The van der Waals surface area contributed by atoms with Gasteiger partial charge in [0, 0.05) is 11.9 Å². The van der Waals surface area contributed by atoms with Crippen molar-refractivity contribution in [3.8, 4) is 0 Å². The van der Waals surface area contributed by atoms with E-state index in [0.29, 0.717) is 11.3 Å². The van der Waals surface area contributed by atoms with Gasteiger partial charge in [0.15, 0.2) is 15.9 Å². The van der Waals surface area contributed by atoms with Crippen LogP contribution in [-0.2, 0) is 25.1 Å². The first-order chi connectivity index (χ1) is 12.5. The molecule has 0 aliphatic heterocycles. The number of ether oxygens (including phenoxy) is 1. The van der Waals surface area contributed by atoms with Gasteiger partial charge in [0.25, 0.3) is 5.91 Å². The Morgan fingerprint density at radius 2 is 1.81 bits per heavy atom. The van der Waals surface area contributed by atoms with Gasteiger partial charge >= 0.3 is 5.97 Å². The van der Waals surface area contributed by atoms with Crippen LogP contribution in [0, 0.1) is 13.8 Å². The van der Waals surface area contributed by atoms with Crippen molar-refractivity contribution in [1.29, 1.82) is 0 Å². The first kappa shape index (κ1) is 20.6. The number of anilines is 1. The molecule has 0 unspecified atom stereocenters. The Balaban J connectivity index is 2.05. The molecule has 0 fully saturated rings. The monoisotopic (exact) mass is 389 g/mol. The second-order valence-electron chi connectivity index (χ2n) is 6.63. The van der Waals surface area contributed by atoms with Gasteiger partial charge in [0.1, 0.15) is 0 Å². The van der Waals surface area contributed by atoms with Crippen molar-refractivity contribution in [1.82, 2.24) is 0 Å². The summed E-state index contributed by atoms with van der Waals surface area (Å²) in [6.07, 6.45) is 0.119. The molecule has 0 spiro atoms. The van der Waals surface area contributed by atoms with Gasteiger partial charge < -0.3 is 10.1 Å². The van der Waals surface area contributed by atoms with Gasteiger partial charge in [0.05, 0.1) is 11.3 Å². The number of esters is 1. The van der Waals surface area contributed by atoms with E-state index in [0.717, 1.165) is 17.4 Å². The van der Waals surface area contributed by atoms with Crippen LogP contribution in [0.25, 0.3) is 0 Å². The van der Waals surface area contributed by atoms with E-state index in [1.807, 2.05) is 32.0 Å². The molecule has 0 bridgehead atoms. The van der Waals surface area contributed by atoms with Gasteiger partial charge in [-0.3, -0.25) is 4.79 Å². The highest BCUT2D eigenvalue weighted by Crippen LogP contribution is 2.17. The highest BCUT2D eigenvalue weighted by molar-refractivity contribution is 7.89. The largest absolute Gasteiger partial charge is 0.449 e. The highest BCUT2D eigenvalue weighted by Gasteiger charge is 2.20. The fourth-order valence-electron chi connectivity index (χ4n) is 2.48. The van der Waals surface area contributed by atoms with Crippen LogP contribution in [0.3, 0.4) is 0 Å². The number of carbonyl (C=O) groups excluding carboxylic acids is 2. The smallest absolute Gasteiger partial charge is 0.338 e. The number of aryl methyl sites for hydroxylation is 2. The van der Waals surface area contributed by atoms with Crippen LogP contribution in [0.2, 0.25) is 0 Å². The summed E-state index contributed by atoms with van der Waals surface area (Å²) in [5, 5.41) is 2.75. The molecule has 6 nitrogen and oxygen atoms in total. The average molecular weight is 389 g/mol. The molecule has 2 rings (SSSR count). The number of hydrogen-bond acceptors (Lipinski definition) is 5. The average Bonchev–Trinajstić information content (AvgIpc) is 2.56. The van der Waals surface area contributed by atoms with Gasteiger partial charge in [0.2, 0.25) is 0 Å². The Kier molecular flexibility index (Phi) is 6.38. The number of rotatable bonds is 6. The van der Waals surface area contributed by atoms with E-state index >= 15 is 0 Å². The van der Waals surface area contributed by atoms with Crippen molar-refractivity contribution in [2.45, 2.75) is 32.6 Å². The summed E-state index contributed by atoms with van der Waals surface area (Å²) in [4.78, 5) is 24.6. The molecule has 0 radical (unpaired) electrons. The topological polar surface area (TPSA) is 89.5 Å². The SMILES string of the molecule is Cc1ccc(C)c(NC(=O)[C@H](C)OC(=O)c2cccc(CS(C)(=O)=O)c2)c1. The lowest BCUT2D eigenvalue weighted by atomic mass is 10.1. The maximum absolute atomic E-state index is 12.3. The minimum atomic E-state index is -3.21. The quantitative estimate of drug-likeness (QED) is 0.767. The van der Waals surface area contributed by atoms with E-state index in [4.69, 9.17) is 4.74 Å². The number of carbonyl (C=O) groups is 2. The molecule has 27 heavy (non-hydrogen) atoms. The third-order valence-electron chi connectivity index (χ3n) is 3.90. The lowest BCUT2D eigenvalue weighted by Crippen LogP contribution is -2.30. The van der Waals surface area contributed by atoms with Gasteiger partial charge in [-0.2, -0.15) is 0 Å². The fraction of sp³-hybridized carbons (Fsp3) is 0.300. The summed E-state index contributed by atoms with van der Waals surface area (Å²) < 4.78 is 28.0. The van der Waals surface area contributed by atoms with E-state index in [2.05, 4.69) is 5.32 Å². The lowest BCUT2D eigenvalue weighted by Gasteiger charge is -2.15. The minimum Gasteiger partial charge on any atom is -0.449 e. The Labute approximate surface area is 159 Å². The minimum absolute atomic E-state index is 0.170. The Morgan fingerprint density at radius 1 is 1.11 bits per heavy atom. The summed E-state index contributed by atoms with van der Waals surface area (Å²) >= 11 is 0. The predicted octanol–water partition coefficient (Wildman–Crippen LogP) is 3.03. The van der Waals surface area contributed by atoms with Gasteiger partial charge in [-0.1, -0.05) is 24.3 Å². The molecular weight excluding hydrogens is 366 g/mol. The maximum atomic E-state index is 12.3. The van der Waals surface area contributed by atoms with Crippen molar-refractivity contribution in [2.24, 2.45) is 0 Å². The second-order valence-corrected chi connectivity index (χ2v) is 8.77. The number of amides is 1. The highest BCUT2D eigenvalue weighted by atomic mass is 32.2. The molecule has 0 saturated heterocycles. The van der Waals surface area contributed by atoms with E-state index in [-0.39, 0.29) is 11.3 Å². The Morgan fingerprint density at radius 3 is 2.48 bits per heavy atom. The predicted molar refractivity (Wildman–Crippen MR) is 104 cm³/mol. The molecule has 2 aromatic rings. The number of sulfone groups is 1. The first-order valence-corrected chi connectivity index (χ1v) is 10.5. The van der Waals surface area contributed by atoms with Crippen molar-refractivity contribution < 1.29 is 22.7 Å². The van der Waals surface area contributed by atoms with E-state index in [1.54, 1.807) is 12.1 Å². The first-order valence-electron chi connectivity index (χ1n) is 8.41. The van der Waals surface area contributed by atoms with Crippen molar-refractivity contribution in [3.63, 3.8) is 0 Å². The zero-order valence-electron chi connectivity index (χ0n) is 15.8. The fourth-order valence-corrected chi connectivity index (χ4v) is 3.26. The summed E-state index contributed by atoms with van der Waals surface area (Å²) in [7, 11) is -3.21. The van der Waals surface area contributed by atoms with Crippen LogP contribution in [-0.4, -0.2) is 32.7 Å². The van der Waals surface area contributed by atoms with E-state index in [1.165, 1.54) is 19.1 Å². The summed E-state index contributed by atoms with van der Waals surface area (Å²) in [5.41, 5.74) is 3.25. The normalized spacial score (nSPS) is 12.3. The number of benzene rings is 2. The molecule has 0 saturated carbocycles. The molecule has 0 aromatic heterocycles. The molecule has 1 amide bonds. The van der Waals surface area contributed by atoms with Crippen LogP contribution in [0.5, 0.6) is 0 Å². The third kappa shape index (κ3) is 6.21. The molecule has 1 N–H and O–H groups in total. The maximum Gasteiger partial charge on any atom is 0.338 e. The zero-order chi connectivity index (χ0) is 20.2. The Hall–Kier alpha value is -2.67. The van der Waals surface area contributed by atoms with Gasteiger partial charge in [-0.05, 0) is 55.7 Å². The van der Waals surface area contributed by atoms with E-state index in [9.17, 15) is 18.0 Å². The van der Waals surface area contributed by atoms with Crippen LogP contribution in [0.1, 0.15) is 34.0 Å². The zero-order valence-corrected chi connectivity index (χ0v) is 16.6. The Bertz CT molecular complexity index is 966. The number of nitrogens with one attached hydrogen (secondary N) is 1.